The van der Waals surface area contributed by atoms with Crippen molar-refractivity contribution in [1.82, 2.24) is 9.97 Å². The largest absolute Gasteiger partial charge is 0.391 e. The highest BCUT2D eigenvalue weighted by Gasteiger charge is 2.14. The Balaban J connectivity index is 2.64. The normalized spacial score (nSPS) is 14.9. The van der Waals surface area contributed by atoms with Crippen LogP contribution in [0.2, 0.25) is 0 Å². The van der Waals surface area contributed by atoms with E-state index < -0.39 is 12.1 Å². The third-order valence-corrected chi connectivity index (χ3v) is 2.01. The summed E-state index contributed by atoms with van der Waals surface area (Å²) >= 11 is 0. The molecule has 1 aromatic rings. The quantitative estimate of drug-likeness (QED) is 0.764. The number of aliphatic hydroxyl groups is 1. The summed E-state index contributed by atoms with van der Waals surface area (Å²) < 4.78 is 13.0. The summed E-state index contributed by atoms with van der Waals surface area (Å²) in [5, 5.41) is 12.2. The van der Waals surface area contributed by atoms with Gasteiger partial charge in [-0.2, -0.15) is 4.39 Å². The van der Waals surface area contributed by atoms with Crippen LogP contribution in [-0.4, -0.2) is 27.2 Å². The third kappa shape index (κ3) is 2.63. The fourth-order valence-corrected chi connectivity index (χ4v) is 1.08. The summed E-state index contributed by atoms with van der Waals surface area (Å²) in [5.41, 5.74) is 0. The van der Waals surface area contributed by atoms with E-state index in [9.17, 15) is 9.50 Å². The van der Waals surface area contributed by atoms with Crippen molar-refractivity contribution in [2.45, 2.75) is 32.4 Å². The molecule has 0 aliphatic heterocycles. The first-order chi connectivity index (χ1) is 6.65. The number of hydrogen-bond donors (Lipinski definition) is 2. The Morgan fingerprint density at radius 2 is 2.14 bits per heavy atom. The molecule has 78 valence electrons. The second kappa shape index (κ2) is 4.85. The van der Waals surface area contributed by atoms with Gasteiger partial charge >= 0.3 is 0 Å². The second-order valence-corrected chi connectivity index (χ2v) is 3.10. The molecule has 0 amide bonds. The molecule has 2 atom stereocenters. The summed E-state index contributed by atoms with van der Waals surface area (Å²) in [5.74, 6) is -0.574. The van der Waals surface area contributed by atoms with E-state index in [1.54, 1.807) is 6.92 Å². The number of nitrogens with zero attached hydrogens (tertiary/aromatic N) is 2. The van der Waals surface area contributed by atoms with E-state index in [2.05, 4.69) is 15.3 Å². The Labute approximate surface area is 82.2 Å². The summed E-state index contributed by atoms with van der Waals surface area (Å²) in [4.78, 5) is 7.22. The van der Waals surface area contributed by atoms with Gasteiger partial charge in [-0.3, -0.25) is 0 Å². The summed E-state index contributed by atoms with van der Waals surface area (Å²) in [7, 11) is 0. The van der Waals surface area contributed by atoms with E-state index in [1.165, 1.54) is 12.4 Å². The molecule has 14 heavy (non-hydrogen) atoms. The van der Waals surface area contributed by atoms with Crippen molar-refractivity contribution in [3.05, 3.63) is 18.3 Å². The van der Waals surface area contributed by atoms with Gasteiger partial charge in [0, 0.05) is 12.4 Å². The fourth-order valence-electron chi connectivity index (χ4n) is 1.08. The van der Waals surface area contributed by atoms with Gasteiger partial charge in [0.05, 0.1) is 12.1 Å². The van der Waals surface area contributed by atoms with Crippen LogP contribution in [0.15, 0.2) is 12.4 Å². The minimum atomic E-state index is -0.650. The molecule has 0 aliphatic rings. The lowest BCUT2D eigenvalue weighted by atomic mass is 10.1. The topological polar surface area (TPSA) is 58.0 Å². The fraction of sp³-hybridized carbons (Fsp3) is 0.556. The van der Waals surface area contributed by atoms with Crippen LogP contribution < -0.4 is 5.32 Å². The molecule has 0 radical (unpaired) electrons. The van der Waals surface area contributed by atoms with Gasteiger partial charge in [-0.1, -0.05) is 6.92 Å². The number of halogens is 1. The molecule has 0 aromatic carbocycles. The van der Waals surface area contributed by atoms with Crippen molar-refractivity contribution in [1.29, 1.82) is 0 Å². The average Bonchev–Trinajstić information content (AvgIpc) is 2.20. The SMILES string of the molecule is CCC(O)C(C)Nc1nccnc1F. The molecule has 1 aromatic heterocycles. The maximum atomic E-state index is 13.0. The van der Waals surface area contributed by atoms with Gasteiger partial charge in [0.25, 0.3) is 5.95 Å². The molecule has 2 N–H and O–H groups in total. The van der Waals surface area contributed by atoms with Crippen LogP contribution >= 0.6 is 0 Å². The molecule has 0 saturated heterocycles. The molecule has 0 spiro atoms. The predicted octanol–water partition coefficient (Wildman–Crippen LogP) is 1.19. The Hall–Kier alpha value is -1.23. The highest BCUT2D eigenvalue weighted by molar-refractivity contribution is 5.33. The van der Waals surface area contributed by atoms with Crippen molar-refractivity contribution in [3.63, 3.8) is 0 Å². The smallest absolute Gasteiger partial charge is 0.255 e. The number of nitrogens with one attached hydrogen (secondary N) is 1. The maximum absolute atomic E-state index is 13.0. The number of aliphatic hydroxyl groups excluding tert-OH is 1. The first-order valence-corrected chi connectivity index (χ1v) is 4.56. The monoisotopic (exact) mass is 199 g/mol. The molecule has 0 aliphatic carbocycles. The highest BCUT2D eigenvalue weighted by Crippen LogP contribution is 2.09. The van der Waals surface area contributed by atoms with Gasteiger partial charge in [0.15, 0.2) is 5.82 Å². The van der Waals surface area contributed by atoms with Gasteiger partial charge in [0.2, 0.25) is 0 Å². The summed E-state index contributed by atoms with van der Waals surface area (Å²) in [6.07, 6.45) is 2.77. The zero-order valence-corrected chi connectivity index (χ0v) is 8.24. The Morgan fingerprint density at radius 3 is 2.71 bits per heavy atom. The number of rotatable bonds is 4. The van der Waals surface area contributed by atoms with Crippen molar-refractivity contribution in [2.24, 2.45) is 0 Å². The molecule has 4 nitrogen and oxygen atoms in total. The molecule has 1 rings (SSSR count). The van der Waals surface area contributed by atoms with Gasteiger partial charge in [-0.25, -0.2) is 9.97 Å². The van der Waals surface area contributed by atoms with E-state index in [0.29, 0.717) is 6.42 Å². The zero-order valence-electron chi connectivity index (χ0n) is 8.24. The van der Waals surface area contributed by atoms with Crippen LogP contribution in [0.25, 0.3) is 0 Å². The van der Waals surface area contributed by atoms with Crippen molar-refractivity contribution in [2.75, 3.05) is 5.32 Å². The zero-order chi connectivity index (χ0) is 10.6. The molecule has 2 unspecified atom stereocenters. The van der Waals surface area contributed by atoms with Gasteiger partial charge in [-0.15, -0.1) is 0 Å². The predicted molar refractivity (Wildman–Crippen MR) is 51.4 cm³/mol. The molecule has 0 saturated carbocycles. The van der Waals surface area contributed by atoms with Crippen LogP contribution in [0.4, 0.5) is 10.2 Å². The van der Waals surface area contributed by atoms with Crippen LogP contribution in [0.3, 0.4) is 0 Å². The van der Waals surface area contributed by atoms with Crippen molar-refractivity contribution in [3.8, 4) is 0 Å². The molecular weight excluding hydrogens is 185 g/mol. The van der Waals surface area contributed by atoms with Gasteiger partial charge in [-0.05, 0) is 13.3 Å². The van der Waals surface area contributed by atoms with Crippen LogP contribution in [0, 0.1) is 5.95 Å². The van der Waals surface area contributed by atoms with E-state index in [-0.39, 0.29) is 11.9 Å². The van der Waals surface area contributed by atoms with E-state index >= 15 is 0 Å². The first-order valence-electron chi connectivity index (χ1n) is 4.56. The molecule has 0 fully saturated rings. The molecule has 5 heteroatoms. The lowest BCUT2D eigenvalue weighted by Gasteiger charge is -2.19. The Kier molecular flexibility index (Phi) is 3.76. The number of hydrogen-bond acceptors (Lipinski definition) is 4. The number of anilines is 1. The van der Waals surface area contributed by atoms with Crippen LogP contribution in [0.5, 0.6) is 0 Å². The lowest BCUT2D eigenvalue weighted by molar-refractivity contribution is 0.153. The van der Waals surface area contributed by atoms with E-state index in [0.717, 1.165) is 0 Å². The van der Waals surface area contributed by atoms with Crippen LogP contribution in [0.1, 0.15) is 20.3 Å². The molecule has 1 heterocycles. The van der Waals surface area contributed by atoms with Crippen LogP contribution in [-0.2, 0) is 0 Å². The average molecular weight is 199 g/mol. The number of aromatic nitrogens is 2. The molecule has 0 bridgehead atoms. The van der Waals surface area contributed by atoms with Gasteiger partial charge in [0.1, 0.15) is 0 Å². The maximum Gasteiger partial charge on any atom is 0.255 e. The van der Waals surface area contributed by atoms with E-state index in [1.807, 2.05) is 6.92 Å². The van der Waals surface area contributed by atoms with E-state index in [4.69, 9.17) is 0 Å². The highest BCUT2D eigenvalue weighted by atomic mass is 19.1. The minimum Gasteiger partial charge on any atom is -0.391 e. The second-order valence-electron chi connectivity index (χ2n) is 3.10. The van der Waals surface area contributed by atoms with Crippen molar-refractivity contribution >= 4 is 5.82 Å². The third-order valence-electron chi connectivity index (χ3n) is 2.01. The first kappa shape index (κ1) is 10.8. The van der Waals surface area contributed by atoms with Gasteiger partial charge < -0.3 is 10.4 Å². The lowest BCUT2D eigenvalue weighted by Crippen LogP contribution is -2.30. The summed E-state index contributed by atoms with van der Waals surface area (Å²) in [6, 6.07) is -0.244. The Morgan fingerprint density at radius 1 is 1.50 bits per heavy atom. The Bertz CT molecular complexity index is 295. The summed E-state index contributed by atoms with van der Waals surface area (Å²) in [6.45, 7) is 3.62. The minimum absolute atomic E-state index is 0.0764. The standard InChI is InChI=1S/C9H14FN3O/c1-3-7(14)6(2)13-9-8(10)11-4-5-12-9/h4-7,14H,3H2,1-2H3,(H,12,13). The van der Waals surface area contributed by atoms with Crippen molar-refractivity contribution < 1.29 is 9.50 Å². The molecular formula is C9H14FN3O.